The highest BCUT2D eigenvalue weighted by Crippen LogP contribution is 2.18. The van der Waals surface area contributed by atoms with Gasteiger partial charge in [-0.1, -0.05) is 11.6 Å². The molecule has 2 aromatic rings. The van der Waals surface area contributed by atoms with Crippen LogP contribution in [0.1, 0.15) is 17.5 Å². The van der Waals surface area contributed by atoms with Crippen molar-refractivity contribution in [3.8, 4) is 0 Å². The summed E-state index contributed by atoms with van der Waals surface area (Å²) in [4.78, 5) is 34.4. The molecule has 0 aliphatic rings. The van der Waals surface area contributed by atoms with Crippen molar-refractivity contribution in [3.05, 3.63) is 45.3 Å². The van der Waals surface area contributed by atoms with Gasteiger partial charge in [-0.3, -0.25) is 9.59 Å². The summed E-state index contributed by atoms with van der Waals surface area (Å²) in [6, 6.07) is 5.40. The molecule has 1 aromatic carbocycles. The van der Waals surface area contributed by atoms with Gasteiger partial charge in [-0.15, -0.1) is 0 Å². The highest BCUT2D eigenvalue weighted by Gasteiger charge is 2.19. The molecule has 2 N–H and O–H groups in total. The second-order valence-corrected chi connectivity index (χ2v) is 4.50. The monoisotopic (exact) mass is 295 g/mol. The van der Waals surface area contributed by atoms with Crippen molar-refractivity contribution in [2.75, 3.05) is 0 Å². The molecule has 0 saturated heterocycles. The molecule has 20 heavy (non-hydrogen) atoms. The molecule has 7 heteroatoms. The van der Waals surface area contributed by atoms with Crippen LogP contribution in [0.2, 0.25) is 5.02 Å². The molecule has 0 radical (unpaired) electrons. The van der Waals surface area contributed by atoms with E-state index in [-0.39, 0.29) is 16.7 Å². The first-order chi connectivity index (χ1) is 9.38. The maximum absolute atomic E-state index is 11.9. The Hall–Kier alpha value is -2.34. The van der Waals surface area contributed by atoms with Crippen molar-refractivity contribution in [2.45, 2.75) is 13.0 Å². The summed E-state index contributed by atoms with van der Waals surface area (Å²) in [5, 5.41) is 0.625. The minimum Gasteiger partial charge on any atom is -0.449 e. The minimum absolute atomic E-state index is 0.195. The minimum atomic E-state index is -1.12. The first-order valence-electron chi connectivity index (χ1n) is 5.62. The molecule has 0 aliphatic heterocycles. The molecule has 2 rings (SSSR count). The van der Waals surface area contributed by atoms with Crippen LogP contribution in [-0.2, 0) is 9.53 Å². The standard InChI is InChI=1S/C13H10ClNO5/c1-6(12(15)17)19-13(18)11-5-9(16)8-4-7(14)2-3-10(8)20-11/h2-6H,1H3,(H2,15,17). The smallest absolute Gasteiger partial charge is 0.375 e. The number of hydrogen-bond acceptors (Lipinski definition) is 5. The fraction of sp³-hybridized carbons (Fsp3) is 0.154. The van der Waals surface area contributed by atoms with Gasteiger partial charge in [0.2, 0.25) is 5.76 Å². The number of amides is 1. The molecular weight excluding hydrogens is 286 g/mol. The van der Waals surface area contributed by atoms with Crippen LogP contribution in [0.15, 0.2) is 33.5 Å². The summed E-state index contributed by atoms with van der Waals surface area (Å²) in [5.41, 5.74) is 4.73. The quantitative estimate of drug-likeness (QED) is 0.864. The van der Waals surface area contributed by atoms with Crippen LogP contribution in [0.3, 0.4) is 0 Å². The van der Waals surface area contributed by atoms with Crippen LogP contribution < -0.4 is 11.2 Å². The number of benzene rings is 1. The highest BCUT2D eigenvalue weighted by atomic mass is 35.5. The Labute approximate surface area is 118 Å². The lowest BCUT2D eigenvalue weighted by Gasteiger charge is -2.09. The third-order valence-electron chi connectivity index (χ3n) is 2.57. The first kappa shape index (κ1) is 14.1. The number of carbonyl (C=O) groups is 2. The van der Waals surface area contributed by atoms with Crippen LogP contribution in [0.4, 0.5) is 0 Å². The zero-order chi connectivity index (χ0) is 14.9. The van der Waals surface area contributed by atoms with Gasteiger partial charge in [0.25, 0.3) is 5.91 Å². The lowest BCUT2D eigenvalue weighted by molar-refractivity contribution is -0.125. The Morgan fingerprint density at radius 1 is 1.35 bits per heavy atom. The predicted octanol–water partition coefficient (Wildman–Crippen LogP) is 1.48. The molecule has 104 valence electrons. The predicted molar refractivity (Wildman–Crippen MR) is 71.6 cm³/mol. The molecular formula is C13H10ClNO5. The average molecular weight is 296 g/mol. The Morgan fingerprint density at radius 3 is 2.70 bits per heavy atom. The van der Waals surface area contributed by atoms with Gasteiger partial charge in [0.15, 0.2) is 11.5 Å². The number of primary amides is 1. The van der Waals surface area contributed by atoms with Gasteiger partial charge in [0.1, 0.15) is 5.58 Å². The van der Waals surface area contributed by atoms with E-state index in [1.54, 1.807) is 0 Å². The van der Waals surface area contributed by atoms with Crippen molar-refractivity contribution in [1.29, 1.82) is 0 Å². The van der Waals surface area contributed by atoms with Gasteiger partial charge >= 0.3 is 5.97 Å². The van der Waals surface area contributed by atoms with E-state index in [4.69, 9.17) is 26.5 Å². The Kier molecular flexibility index (Phi) is 3.76. The van der Waals surface area contributed by atoms with Crippen LogP contribution >= 0.6 is 11.6 Å². The number of nitrogens with two attached hydrogens (primary N) is 1. The topological polar surface area (TPSA) is 99.6 Å². The number of rotatable bonds is 3. The van der Waals surface area contributed by atoms with Crippen LogP contribution in [-0.4, -0.2) is 18.0 Å². The fourth-order valence-electron chi connectivity index (χ4n) is 1.51. The summed E-state index contributed by atoms with van der Waals surface area (Å²) in [6.07, 6.45) is -1.12. The molecule has 1 aromatic heterocycles. The van der Waals surface area contributed by atoms with Crippen LogP contribution in [0, 0.1) is 0 Å². The average Bonchev–Trinajstić information content (AvgIpc) is 2.39. The normalized spacial score (nSPS) is 12.1. The number of esters is 1. The zero-order valence-corrected chi connectivity index (χ0v) is 11.1. The van der Waals surface area contributed by atoms with E-state index in [0.717, 1.165) is 6.07 Å². The summed E-state index contributed by atoms with van der Waals surface area (Å²) in [7, 11) is 0. The van der Waals surface area contributed by atoms with Gasteiger partial charge in [-0.2, -0.15) is 0 Å². The van der Waals surface area contributed by atoms with Gasteiger partial charge in [0, 0.05) is 11.1 Å². The lowest BCUT2D eigenvalue weighted by Crippen LogP contribution is -2.30. The van der Waals surface area contributed by atoms with Crippen molar-refractivity contribution in [1.82, 2.24) is 0 Å². The maximum Gasteiger partial charge on any atom is 0.375 e. The van der Waals surface area contributed by atoms with E-state index in [2.05, 4.69) is 0 Å². The van der Waals surface area contributed by atoms with Crippen molar-refractivity contribution in [3.63, 3.8) is 0 Å². The summed E-state index contributed by atoms with van der Waals surface area (Å²) in [6.45, 7) is 1.32. The van der Waals surface area contributed by atoms with E-state index < -0.39 is 23.4 Å². The van der Waals surface area contributed by atoms with Gasteiger partial charge in [-0.25, -0.2) is 4.79 Å². The van der Waals surface area contributed by atoms with Gasteiger partial charge in [0.05, 0.1) is 5.39 Å². The molecule has 6 nitrogen and oxygen atoms in total. The number of ether oxygens (including phenoxy) is 1. The summed E-state index contributed by atoms with van der Waals surface area (Å²) >= 11 is 5.77. The molecule has 0 fully saturated rings. The number of hydrogen-bond donors (Lipinski definition) is 1. The number of halogens is 1. The van der Waals surface area contributed by atoms with Crippen molar-refractivity contribution < 1.29 is 18.7 Å². The SMILES string of the molecule is CC(OC(=O)c1cc(=O)c2cc(Cl)ccc2o1)C(N)=O. The molecule has 0 spiro atoms. The third-order valence-corrected chi connectivity index (χ3v) is 2.81. The molecule has 1 heterocycles. The Morgan fingerprint density at radius 2 is 2.05 bits per heavy atom. The molecule has 1 amide bonds. The van der Waals surface area contributed by atoms with Crippen LogP contribution in [0.25, 0.3) is 11.0 Å². The van der Waals surface area contributed by atoms with Gasteiger partial charge < -0.3 is 14.9 Å². The summed E-state index contributed by atoms with van der Waals surface area (Å²) < 4.78 is 10.0. The van der Waals surface area contributed by atoms with E-state index in [1.807, 2.05) is 0 Å². The number of fused-ring (bicyclic) bond motifs is 1. The van der Waals surface area contributed by atoms with E-state index in [9.17, 15) is 14.4 Å². The maximum atomic E-state index is 11.9. The summed E-state index contributed by atoms with van der Waals surface area (Å²) in [5.74, 6) is -2.04. The molecule has 1 unspecified atom stereocenters. The van der Waals surface area contributed by atoms with Crippen molar-refractivity contribution >= 4 is 34.4 Å². The first-order valence-corrected chi connectivity index (χ1v) is 6.00. The van der Waals surface area contributed by atoms with E-state index in [0.29, 0.717) is 5.02 Å². The molecule has 0 aliphatic carbocycles. The van der Waals surface area contributed by atoms with Crippen molar-refractivity contribution in [2.24, 2.45) is 5.73 Å². The number of carbonyl (C=O) groups excluding carboxylic acids is 2. The van der Waals surface area contributed by atoms with Gasteiger partial charge in [-0.05, 0) is 25.1 Å². The molecule has 1 atom stereocenters. The molecule has 0 bridgehead atoms. The lowest BCUT2D eigenvalue weighted by atomic mass is 10.2. The largest absolute Gasteiger partial charge is 0.449 e. The molecule has 0 saturated carbocycles. The van der Waals surface area contributed by atoms with Crippen LogP contribution in [0.5, 0.6) is 0 Å². The van der Waals surface area contributed by atoms with E-state index in [1.165, 1.54) is 25.1 Å². The Bertz CT molecular complexity index is 752. The highest BCUT2D eigenvalue weighted by molar-refractivity contribution is 6.31. The second-order valence-electron chi connectivity index (χ2n) is 4.07. The third kappa shape index (κ3) is 2.80. The zero-order valence-electron chi connectivity index (χ0n) is 10.4. The van der Waals surface area contributed by atoms with E-state index >= 15 is 0 Å². The fourth-order valence-corrected chi connectivity index (χ4v) is 1.68. The second kappa shape index (κ2) is 5.34. The Balaban J connectivity index is 2.41.